The van der Waals surface area contributed by atoms with Gasteiger partial charge in [0.05, 0.1) is 23.1 Å². The molecular weight excluding hydrogens is 254 g/mol. The Kier molecular flexibility index (Phi) is 2.82. The monoisotopic (exact) mass is 269 g/mol. The third-order valence-electron chi connectivity index (χ3n) is 3.58. The minimum absolute atomic E-state index is 0.0452. The van der Waals surface area contributed by atoms with Crippen LogP contribution in [0.25, 0.3) is 0 Å². The van der Waals surface area contributed by atoms with Gasteiger partial charge in [-0.15, -0.1) is 0 Å². The van der Waals surface area contributed by atoms with Gasteiger partial charge in [-0.2, -0.15) is 0 Å². The highest BCUT2D eigenvalue weighted by Crippen LogP contribution is 2.35. The predicted molar refractivity (Wildman–Crippen MR) is 79.1 cm³/mol. The maximum Gasteiger partial charge on any atom is 0.277 e. The lowest BCUT2D eigenvalue weighted by Gasteiger charge is -2.24. The average molecular weight is 269 g/mol. The minimum atomic E-state index is -0.466. The van der Waals surface area contributed by atoms with E-state index in [1.165, 1.54) is 11.5 Å². The fourth-order valence-electron chi connectivity index (χ4n) is 2.26. The van der Waals surface area contributed by atoms with E-state index in [9.17, 15) is 9.59 Å². The molecular formula is C15H15N3O2. The standard InChI is InChI=1S/C15H15N3O2/c1-9(10(2)19)18-8-7-13-14(15(18)20)17-12-6-4-3-5-11(12)16-13/h3-9,16-17H,1-2H3. The van der Waals surface area contributed by atoms with Crippen LogP contribution in [0.2, 0.25) is 0 Å². The number of aromatic nitrogens is 1. The van der Waals surface area contributed by atoms with Crippen LogP contribution in [-0.2, 0) is 4.79 Å². The number of benzene rings is 1. The summed E-state index contributed by atoms with van der Waals surface area (Å²) in [5.41, 5.74) is 2.77. The lowest BCUT2D eigenvalue weighted by molar-refractivity contribution is -0.119. The van der Waals surface area contributed by atoms with Crippen LogP contribution >= 0.6 is 0 Å². The van der Waals surface area contributed by atoms with Gasteiger partial charge in [-0.3, -0.25) is 9.59 Å². The quantitative estimate of drug-likeness (QED) is 0.751. The Morgan fingerprint density at radius 1 is 1.10 bits per heavy atom. The van der Waals surface area contributed by atoms with Gasteiger partial charge < -0.3 is 15.2 Å². The highest BCUT2D eigenvalue weighted by molar-refractivity contribution is 5.89. The van der Waals surface area contributed by atoms with E-state index in [0.29, 0.717) is 5.69 Å². The number of carbonyl (C=O) groups is 1. The van der Waals surface area contributed by atoms with Crippen LogP contribution in [0.4, 0.5) is 22.7 Å². The van der Waals surface area contributed by atoms with Crippen LogP contribution in [0.15, 0.2) is 41.3 Å². The number of nitrogens with zero attached hydrogens (tertiary/aromatic N) is 1. The first-order chi connectivity index (χ1) is 9.58. The molecule has 102 valence electrons. The van der Waals surface area contributed by atoms with Crippen molar-refractivity contribution in [2.45, 2.75) is 19.9 Å². The zero-order valence-corrected chi connectivity index (χ0v) is 11.3. The lowest BCUT2D eigenvalue weighted by Crippen LogP contribution is -2.29. The van der Waals surface area contributed by atoms with Crippen LogP contribution in [0.1, 0.15) is 19.9 Å². The molecule has 1 aliphatic heterocycles. The summed E-state index contributed by atoms with van der Waals surface area (Å²) in [5, 5.41) is 6.35. The molecule has 1 atom stereocenters. The van der Waals surface area contributed by atoms with Crippen molar-refractivity contribution in [1.29, 1.82) is 0 Å². The van der Waals surface area contributed by atoms with Gasteiger partial charge in [-0.25, -0.2) is 0 Å². The van der Waals surface area contributed by atoms with Crippen molar-refractivity contribution in [2.24, 2.45) is 0 Å². The normalized spacial score (nSPS) is 13.5. The van der Waals surface area contributed by atoms with Crippen molar-refractivity contribution in [3.63, 3.8) is 0 Å². The van der Waals surface area contributed by atoms with Gasteiger partial charge in [0.2, 0.25) is 0 Å². The first-order valence-corrected chi connectivity index (χ1v) is 6.46. The number of carbonyl (C=O) groups excluding carboxylic acids is 1. The smallest absolute Gasteiger partial charge is 0.277 e. The van der Waals surface area contributed by atoms with Gasteiger partial charge >= 0.3 is 0 Å². The number of fused-ring (bicyclic) bond motifs is 2. The second-order valence-electron chi connectivity index (χ2n) is 4.90. The molecule has 2 aromatic rings. The summed E-state index contributed by atoms with van der Waals surface area (Å²) < 4.78 is 1.45. The summed E-state index contributed by atoms with van der Waals surface area (Å²) in [7, 11) is 0. The molecule has 2 N–H and O–H groups in total. The van der Waals surface area contributed by atoms with E-state index in [1.54, 1.807) is 19.2 Å². The fourth-order valence-corrected chi connectivity index (χ4v) is 2.26. The summed E-state index contributed by atoms with van der Waals surface area (Å²) in [6.07, 6.45) is 1.65. The number of anilines is 4. The molecule has 1 aromatic carbocycles. The Morgan fingerprint density at radius 2 is 1.75 bits per heavy atom. The largest absolute Gasteiger partial charge is 0.352 e. The third kappa shape index (κ3) is 1.87. The maximum absolute atomic E-state index is 12.5. The van der Waals surface area contributed by atoms with Crippen molar-refractivity contribution < 1.29 is 4.79 Å². The second-order valence-corrected chi connectivity index (χ2v) is 4.90. The van der Waals surface area contributed by atoms with Gasteiger partial charge in [0.1, 0.15) is 5.69 Å². The molecule has 0 radical (unpaired) electrons. The number of ketones is 1. The number of pyridine rings is 1. The number of hydrogen-bond acceptors (Lipinski definition) is 4. The minimum Gasteiger partial charge on any atom is -0.352 e. The summed E-state index contributed by atoms with van der Waals surface area (Å²) in [6.45, 7) is 3.21. The van der Waals surface area contributed by atoms with E-state index in [-0.39, 0.29) is 11.3 Å². The van der Waals surface area contributed by atoms with Crippen molar-refractivity contribution in [3.8, 4) is 0 Å². The molecule has 2 heterocycles. The van der Waals surface area contributed by atoms with E-state index >= 15 is 0 Å². The third-order valence-corrected chi connectivity index (χ3v) is 3.58. The summed E-state index contributed by atoms with van der Waals surface area (Å²) in [6, 6.07) is 9.01. The average Bonchev–Trinajstić information content (AvgIpc) is 2.45. The van der Waals surface area contributed by atoms with Gasteiger partial charge in [-0.1, -0.05) is 12.1 Å². The first kappa shape index (κ1) is 12.5. The van der Waals surface area contributed by atoms with Crippen molar-refractivity contribution >= 4 is 28.5 Å². The van der Waals surface area contributed by atoms with Gasteiger partial charge in [0.25, 0.3) is 5.56 Å². The van der Waals surface area contributed by atoms with Crippen LogP contribution in [-0.4, -0.2) is 10.4 Å². The Morgan fingerprint density at radius 3 is 2.40 bits per heavy atom. The van der Waals surface area contributed by atoms with E-state index in [2.05, 4.69) is 10.6 Å². The number of nitrogens with one attached hydrogen (secondary N) is 2. The fraction of sp³-hybridized carbons (Fsp3) is 0.200. The molecule has 1 unspecified atom stereocenters. The Balaban J connectivity index is 2.10. The number of rotatable bonds is 2. The summed E-state index contributed by atoms with van der Waals surface area (Å²) in [4.78, 5) is 23.9. The number of hydrogen-bond donors (Lipinski definition) is 2. The Bertz CT molecular complexity index is 749. The van der Waals surface area contributed by atoms with E-state index < -0.39 is 6.04 Å². The highest BCUT2D eigenvalue weighted by Gasteiger charge is 2.20. The Labute approximate surface area is 116 Å². The summed E-state index contributed by atoms with van der Waals surface area (Å²) in [5.74, 6) is -0.0452. The Hall–Kier alpha value is -2.56. The topological polar surface area (TPSA) is 63.1 Å². The molecule has 3 rings (SSSR count). The molecule has 0 saturated heterocycles. The van der Waals surface area contributed by atoms with Gasteiger partial charge in [0.15, 0.2) is 5.78 Å². The van der Waals surface area contributed by atoms with E-state index in [0.717, 1.165) is 17.1 Å². The zero-order valence-electron chi connectivity index (χ0n) is 11.3. The molecule has 0 amide bonds. The second kappa shape index (κ2) is 4.52. The molecule has 1 aliphatic rings. The van der Waals surface area contributed by atoms with Crippen LogP contribution in [0.5, 0.6) is 0 Å². The lowest BCUT2D eigenvalue weighted by atomic mass is 10.1. The molecule has 0 aliphatic carbocycles. The molecule has 20 heavy (non-hydrogen) atoms. The number of para-hydroxylation sites is 2. The van der Waals surface area contributed by atoms with E-state index in [4.69, 9.17) is 0 Å². The maximum atomic E-state index is 12.5. The molecule has 5 nitrogen and oxygen atoms in total. The first-order valence-electron chi connectivity index (χ1n) is 6.46. The van der Waals surface area contributed by atoms with Gasteiger partial charge in [-0.05, 0) is 32.0 Å². The molecule has 0 spiro atoms. The van der Waals surface area contributed by atoms with Gasteiger partial charge in [0, 0.05) is 6.20 Å². The van der Waals surface area contributed by atoms with Crippen LogP contribution in [0, 0.1) is 0 Å². The van der Waals surface area contributed by atoms with Crippen molar-refractivity contribution in [2.75, 3.05) is 10.6 Å². The van der Waals surface area contributed by atoms with E-state index in [1.807, 2.05) is 24.3 Å². The van der Waals surface area contributed by atoms with Crippen LogP contribution < -0.4 is 16.2 Å². The summed E-state index contributed by atoms with van der Waals surface area (Å²) >= 11 is 0. The number of Topliss-reactive ketones (excluding diaryl/α,β-unsaturated/α-hetero) is 1. The molecule has 0 bridgehead atoms. The SMILES string of the molecule is CC(=O)C(C)n1ccc2c(c1=O)Nc1ccccc1N2. The van der Waals surface area contributed by atoms with Crippen molar-refractivity contribution in [3.05, 3.63) is 46.9 Å². The molecule has 0 saturated carbocycles. The molecule has 5 heteroatoms. The molecule has 1 aromatic heterocycles. The zero-order chi connectivity index (χ0) is 14.3. The predicted octanol–water partition coefficient (Wildman–Crippen LogP) is 2.80. The van der Waals surface area contributed by atoms with Crippen LogP contribution in [0.3, 0.4) is 0 Å². The molecule has 0 fully saturated rings. The highest BCUT2D eigenvalue weighted by atomic mass is 16.1. The van der Waals surface area contributed by atoms with Crippen molar-refractivity contribution in [1.82, 2.24) is 4.57 Å².